The van der Waals surface area contributed by atoms with Crippen molar-refractivity contribution in [2.75, 3.05) is 6.61 Å². The highest BCUT2D eigenvalue weighted by Crippen LogP contribution is 2.12. The van der Waals surface area contributed by atoms with Gasteiger partial charge in [-0.15, -0.1) is 0 Å². The molecule has 0 aliphatic carbocycles. The number of phenols is 1. The number of aliphatic hydroxyl groups is 1. The van der Waals surface area contributed by atoms with Gasteiger partial charge in [0.25, 0.3) is 0 Å². The number of carbonyl (C=O) groups excluding carboxylic acids is 3. The van der Waals surface area contributed by atoms with Gasteiger partial charge in [-0.1, -0.05) is 42.5 Å². The predicted molar refractivity (Wildman–Crippen MR) is 143 cm³/mol. The predicted octanol–water partition coefficient (Wildman–Crippen LogP) is -0.998. The van der Waals surface area contributed by atoms with Gasteiger partial charge in [-0.05, 0) is 23.3 Å². The average molecular weight is 553 g/mol. The monoisotopic (exact) mass is 552 g/mol. The summed E-state index contributed by atoms with van der Waals surface area (Å²) in [5, 5.41) is 36.4. The summed E-state index contributed by atoms with van der Waals surface area (Å²) >= 11 is 0. The molecule has 3 aromatic rings. The Labute approximate surface area is 229 Å². The summed E-state index contributed by atoms with van der Waals surface area (Å²) in [7, 11) is 0. The zero-order chi connectivity index (χ0) is 29.1. The SMILES string of the molecule is NC(Cc1cnc[nH]1)C(=O)NC(CO)C(=O)NC(Cc1ccc(O)cc1)C(=O)NC(Cc1ccccc1)C(=O)O. The van der Waals surface area contributed by atoms with Gasteiger partial charge in [-0.25, -0.2) is 9.78 Å². The van der Waals surface area contributed by atoms with E-state index in [4.69, 9.17) is 5.73 Å². The lowest BCUT2D eigenvalue weighted by Crippen LogP contribution is -2.58. The first kappa shape index (κ1) is 29.8. The molecular formula is C27H32N6O7. The Bertz CT molecular complexity index is 1270. The lowest BCUT2D eigenvalue weighted by Gasteiger charge is -2.24. The van der Waals surface area contributed by atoms with Crippen molar-refractivity contribution in [1.82, 2.24) is 25.9 Å². The van der Waals surface area contributed by atoms with E-state index in [0.29, 0.717) is 16.8 Å². The molecule has 0 saturated carbocycles. The van der Waals surface area contributed by atoms with Crippen LogP contribution < -0.4 is 21.7 Å². The molecule has 212 valence electrons. The second kappa shape index (κ2) is 14.4. The summed E-state index contributed by atoms with van der Waals surface area (Å²) < 4.78 is 0. The zero-order valence-electron chi connectivity index (χ0n) is 21.5. The normalized spacial score (nSPS) is 13.8. The first-order chi connectivity index (χ1) is 19.2. The fraction of sp³-hybridized carbons (Fsp3) is 0.296. The van der Waals surface area contributed by atoms with Gasteiger partial charge in [0, 0.05) is 31.2 Å². The van der Waals surface area contributed by atoms with Crippen LogP contribution in [0.2, 0.25) is 0 Å². The molecule has 0 fully saturated rings. The first-order valence-electron chi connectivity index (χ1n) is 12.5. The van der Waals surface area contributed by atoms with Gasteiger partial charge >= 0.3 is 5.97 Å². The Morgan fingerprint density at radius 3 is 1.98 bits per heavy atom. The number of rotatable bonds is 14. The molecule has 2 aromatic carbocycles. The van der Waals surface area contributed by atoms with Gasteiger partial charge in [-0.2, -0.15) is 0 Å². The van der Waals surface area contributed by atoms with Gasteiger partial charge in [0.05, 0.1) is 19.0 Å². The Morgan fingerprint density at radius 2 is 1.38 bits per heavy atom. The number of aliphatic hydroxyl groups excluding tert-OH is 1. The fourth-order valence-electron chi connectivity index (χ4n) is 3.87. The molecule has 9 N–H and O–H groups in total. The number of hydrogen-bond acceptors (Lipinski definition) is 8. The van der Waals surface area contributed by atoms with Crippen molar-refractivity contribution in [3.63, 3.8) is 0 Å². The number of carboxylic acids is 1. The Kier molecular flexibility index (Phi) is 10.7. The van der Waals surface area contributed by atoms with Crippen LogP contribution in [0.4, 0.5) is 0 Å². The second-order valence-corrected chi connectivity index (χ2v) is 9.15. The van der Waals surface area contributed by atoms with Gasteiger partial charge in [0.1, 0.15) is 23.9 Å². The number of carboxylic acid groups (broad SMARTS) is 1. The molecule has 4 unspecified atom stereocenters. The molecule has 0 saturated heterocycles. The quantitative estimate of drug-likeness (QED) is 0.123. The molecule has 0 aliphatic heterocycles. The van der Waals surface area contributed by atoms with E-state index in [2.05, 4.69) is 25.9 Å². The van der Waals surface area contributed by atoms with E-state index in [1.54, 1.807) is 42.5 Å². The number of nitrogens with one attached hydrogen (secondary N) is 4. The van der Waals surface area contributed by atoms with Gasteiger partial charge in [-0.3, -0.25) is 14.4 Å². The molecule has 40 heavy (non-hydrogen) atoms. The minimum Gasteiger partial charge on any atom is -0.508 e. The van der Waals surface area contributed by atoms with E-state index in [0.717, 1.165) is 0 Å². The van der Waals surface area contributed by atoms with Crippen molar-refractivity contribution in [1.29, 1.82) is 0 Å². The lowest BCUT2D eigenvalue weighted by atomic mass is 10.0. The van der Waals surface area contributed by atoms with E-state index in [1.165, 1.54) is 24.7 Å². The lowest BCUT2D eigenvalue weighted by molar-refractivity contribution is -0.142. The zero-order valence-corrected chi connectivity index (χ0v) is 21.5. The Morgan fingerprint density at radius 1 is 0.800 bits per heavy atom. The maximum atomic E-state index is 13.3. The number of H-pyrrole nitrogens is 1. The molecule has 0 radical (unpaired) electrons. The van der Waals surface area contributed by atoms with Crippen LogP contribution in [0.3, 0.4) is 0 Å². The van der Waals surface area contributed by atoms with Crippen molar-refractivity contribution >= 4 is 23.7 Å². The highest BCUT2D eigenvalue weighted by atomic mass is 16.4. The van der Waals surface area contributed by atoms with Crippen molar-refractivity contribution in [3.05, 3.63) is 83.9 Å². The van der Waals surface area contributed by atoms with Gasteiger partial charge in [0.2, 0.25) is 17.7 Å². The number of hydrogen-bond donors (Lipinski definition) is 8. The van der Waals surface area contributed by atoms with Gasteiger partial charge < -0.3 is 42.0 Å². The molecule has 4 atom stereocenters. The molecule has 0 spiro atoms. The Balaban J connectivity index is 1.72. The number of aromatic hydroxyl groups is 1. The van der Waals surface area contributed by atoms with Crippen LogP contribution in [0, 0.1) is 0 Å². The molecule has 1 aromatic heterocycles. The average Bonchev–Trinajstić information content (AvgIpc) is 3.45. The van der Waals surface area contributed by atoms with Crippen LogP contribution in [-0.4, -0.2) is 79.8 Å². The molecule has 0 bridgehead atoms. The van der Waals surface area contributed by atoms with Crippen molar-refractivity contribution in [3.8, 4) is 5.75 Å². The fourth-order valence-corrected chi connectivity index (χ4v) is 3.87. The minimum atomic E-state index is -1.44. The molecule has 0 aliphatic rings. The molecule has 3 rings (SSSR count). The summed E-state index contributed by atoms with van der Waals surface area (Å²) in [6, 6.07) is 9.56. The number of amides is 3. The van der Waals surface area contributed by atoms with Crippen molar-refractivity contribution in [2.45, 2.75) is 43.4 Å². The van der Waals surface area contributed by atoms with E-state index >= 15 is 0 Å². The van der Waals surface area contributed by atoms with Crippen LogP contribution in [0.15, 0.2) is 67.1 Å². The van der Waals surface area contributed by atoms with Gasteiger partial charge in [0.15, 0.2) is 0 Å². The number of benzene rings is 2. The van der Waals surface area contributed by atoms with E-state index in [9.17, 15) is 34.5 Å². The van der Waals surface area contributed by atoms with E-state index in [1.807, 2.05) is 0 Å². The number of carbonyl (C=O) groups is 4. The summed E-state index contributed by atoms with van der Waals surface area (Å²) in [6.07, 6.45) is 2.97. The van der Waals surface area contributed by atoms with Crippen LogP contribution >= 0.6 is 0 Å². The van der Waals surface area contributed by atoms with Crippen LogP contribution in [0.1, 0.15) is 16.8 Å². The second-order valence-electron chi connectivity index (χ2n) is 9.15. The number of nitrogens with zero attached hydrogens (tertiary/aromatic N) is 1. The third-order valence-corrected chi connectivity index (χ3v) is 6.05. The highest BCUT2D eigenvalue weighted by Gasteiger charge is 2.30. The summed E-state index contributed by atoms with van der Waals surface area (Å²) in [6.45, 7) is -0.784. The molecule has 13 nitrogen and oxygen atoms in total. The van der Waals surface area contributed by atoms with Crippen LogP contribution in [0.25, 0.3) is 0 Å². The number of nitrogens with two attached hydrogens (primary N) is 1. The van der Waals surface area contributed by atoms with Crippen LogP contribution in [0.5, 0.6) is 5.75 Å². The van der Waals surface area contributed by atoms with Crippen LogP contribution in [-0.2, 0) is 38.4 Å². The number of phenolic OH excluding ortho intramolecular Hbond substituents is 1. The first-order valence-corrected chi connectivity index (χ1v) is 12.5. The smallest absolute Gasteiger partial charge is 0.326 e. The standard InChI is InChI=1S/C27H32N6O7/c28-20(12-18-13-29-15-30-18)24(36)33-23(14-34)26(38)31-21(10-17-6-8-19(35)9-7-17)25(37)32-22(27(39)40)11-16-4-2-1-3-5-16/h1-9,13,15,20-23,34-35H,10-12,14,28H2,(H,29,30)(H,31,38)(H,32,37)(H,33,36)(H,39,40). The number of aromatic amines is 1. The third kappa shape index (κ3) is 8.92. The highest BCUT2D eigenvalue weighted by molar-refractivity contribution is 5.94. The Hall–Kier alpha value is -4.75. The summed E-state index contributed by atoms with van der Waals surface area (Å²) in [4.78, 5) is 57.4. The van der Waals surface area contributed by atoms with Crippen molar-refractivity contribution < 1.29 is 34.5 Å². The largest absolute Gasteiger partial charge is 0.508 e. The molecule has 3 amide bonds. The minimum absolute atomic E-state index is 0.00267. The maximum Gasteiger partial charge on any atom is 0.326 e. The maximum absolute atomic E-state index is 13.3. The number of aliphatic carboxylic acids is 1. The van der Waals surface area contributed by atoms with Crippen molar-refractivity contribution in [2.24, 2.45) is 5.73 Å². The topological polar surface area (TPSA) is 220 Å². The van der Waals surface area contributed by atoms with E-state index in [-0.39, 0.29) is 25.0 Å². The molecule has 13 heteroatoms. The summed E-state index contributed by atoms with van der Waals surface area (Å²) in [5.41, 5.74) is 7.75. The number of imidazole rings is 1. The molecular weight excluding hydrogens is 520 g/mol. The summed E-state index contributed by atoms with van der Waals surface area (Å²) in [5.74, 6) is -3.64. The van der Waals surface area contributed by atoms with E-state index < -0.39 is 54.5 Å². The molecule has 1 heterocycles. The third-order valence-electron chi connectivity index (χ3n) is 6.05. The number of aromatic nitrogens is 2.